The van der Waals surface area contributed by atoms with E-state index in [1.54, 1.807) is 23.7 Å². The second-order valence-corrected chi connectivity index (χ2v) is 5.69. The average molecular weight is 327 g/mol. The molecular formula is C17H14FN3OS. The molecule has 0 saturated heterocycles. The fourth-order valence-electron chi connectivity index (χ4n) is 2.06. The summed E-state index contributed by atoms with van der Waals surface area (Å²) in [6.45, 7) is 0.359. The van der Waals surface area contributed by atoms with Crippen LogP contribution in [0.5, 0.6) is 0 Å². The summed E-state index contributed by atoms with van der Waals surface area (Å²) in [7, 11) is 0. The number of nitrogens with one attached hydrogen (secondary N) is 2. The summed E-state index contributed by atoms with van der Waals surface area (Å²) in [5.41, 5.74) is 3.57. The number of amides is 2. The topological polar surface area (TPSA) is 54.0 Å². The zero-order valence-electron chi connectivity index (χ0n) is 12.1. The van der Waals surface area contributed by atoms with Crippen molar-refractivity contribution < 1.29 is 9.18 Å². The summed E-state index contributed by atoms with van der Waals surface area (Å²) in [6, 6.07) is 9.28. The minimum Gasteiger partial charge on any atom is -0.334 e. The summed E-state index contributed by atoms with van der Waals surface area (Å²) in [4.78, 5) is 16.1. The minimum absolute atomic E-state index is 0.340. The number of benzene rings is 1. The van der Waals surface area contributed by atoms with Crippen molar-refractivity contribution in [1.29, 1.82) is 0 Å². The van der Waals surface area contributed by atoms with Crippen LogP contribution in [0.4, 0.5) is 14.9 Å². The van der Waals surface area contributed by atoms with Gasteiger partial charge in [0.25, 0.3) is 0 Å². The van der Waals surface area contributed by atoms with Crippen LogP contribution in [0.15, 0.2) is 59.6 Å². The van der Waals surface area contributed by atoms with Crippen LogP contribution < -0.4 is 10.6 Å². The summed E-state index contributed by atoms with van der Waals surface area (Å²) in [5, 5.41) is 9.46. The molecule has 6 heteroatoms. The Morgan fingerprint density at radius 3 is 2.70 bits per heavy atom. The molecule has 0 fully saturated rings. The highest BCUT2D eigenvalue weighted by Gasteiger charge is 2.04. The van der Waals surface area contributed by atoms with Crippen LogP contribution >= 0.6 is 11.3 Å². The molecule has 3 aromatic rings. The molecule has 3 rings (SSSR count). The largest absolute Gasteiger partial charge is 0.334 e. The first-order valence-electron chi connectivity index (χ1n) is 6.97. The maximum absolute atomic E-state index is 12.8. The van der Waals surface area contributed by atoms with Gasteiger partial charge in [0.15, 0.2) is 0 Å². The maximum Gasteiger partial charge on any atom is 0.319 e. The Bertz CT molecular complexity index is 788. The lowest BCUT2D eigenvalue weighted by Gasteiger charge is -2.08. The lowest BCUT2D eigenvalue weighted by molar-refractivity contribution is 0.251. The zero-order chi connectivity index (χ0) is 16.1. The van der Waals surface area contributed by atoms with Crippen molar-refractivity contribution in [1.82, 2.24) is 10.3 Å². The van der Waals surface area contributed by atoms with Crippen LogP contribution in [0, 0.1) is 5.82 Å². The summed E-state index contributed by atoms with van der Waals surface area (Å²) in [6.07, 6.45) is 3.51. The van der Waals surface area contributed by atoms with Gasteiger partial charge in [-0.25, -0.2) is 9.18 Å². The molecule has 0 saturated carbocycles. The molecule has 116 valence electrons. The molecule has 0 aliphatic rings. The number of nitrogens with zero attached hydrogens (tertiary/aromatic N) is 1. The Balaban J connectivity index is 1.58. The highest BCUT2D eigenvalue weighted by atomic mass is 32.1. The summed E-state index contributed by atoms with van der Waals surface area (Å²) >= 11 is 1.63. The fourth-order valence-corrected chi connectivity index (χ4v) is 2.73. The van der Waals surface area contributed by atoms with Gasteiger partial charge in [-0.2, -0.15) is 11.3 Å². The van der Waals surface area contributed by atoms with E-state index in [1.165, 1.54) is 24.3 Å². The predicted molar refractivity (Wildman–Crippen MR) is 89.8 cm³/mol. The SMILES string of the molecule is O=C(NCc1cncc(-c2ccsc2)c1)Nc1ccc(F)cc1. The molecular weight excluding hydrogens is 313 g/mol. The van der Waals surface area contributed by atoms with Gasteiger partial charge in [0, 0.05) is 30.2 Å². The monoisotopic (exact) mass is 327 g/mol. The van der Waals surface area contributed by atoms with Crippen LogP contribution in [-0.4, -0.2) is 11.0 Å². The van der Waals surface area contributed by atoms with Gasteiger partial charge in [-0.1, -0.05) is 0 Å². The maximum atomic E-state index is 12.8. The van der Waals surface area contributed by atoms with E-state index >= 15 is 0 Å². The van der Waals surface area contributed by atoms with E-state index in [-0.39, 0.29) is 11.8 Å². The number of pyridine rings is 1. The number of urea groups is 1. The lowest BCUT2D eigenvalue weighted by atomic mass is 10.1. The molecule has 0 atom stereocenters. The third kappa shape index (κ3) is 4.14. The van der Waals surface area contributed by atoms with E-state index in [2.05, 4.69) is 21.0 Å². The standard InChI is InChI=1S/C17H14FN3OS/c18-15-1-3-16(4-2-15)21-17(22)20-9-12-7-14(10-19-8-12)13-5-6-23-11-13/h1-8,10-11H,9H2,(H2,20,21,22). The first kappa shape index (κ1) is 15.2. The van der Waals surface area contributed by atoms with Crippen LogP contribution in [-0.2, 0) is 6.54 Å². The average Bonchev–Trinajstić information content (AvgIpc) is 3.10. The van der Waals surface area contributed by atoms with Gasteiger partial charge in [-0.3, -0.25) is 4.98 Å². The highest BCUT2D eigenvalue weighted by molar-refractivity contribution is 7.08. The van der Waals surface area contributed by atoms with E-state index in [0.29, 0.717) is 12.2 Å². The van der Waals surface area contributed by atoms with Gasteiger partial charge in [0.05, 0.1) is 0 Å². The third-order valence-electron chi connectivity index (χ3n) is 3.20. The van der Waals surface area contributed by atoms with E-state index in [9.17, 15) is 9.18 Å². The number of rotatable bonds is 4. The van der Waals surface area contributed by atoms with Crippen molar-refractivity contribution in [2.75, 3.05) is 5.32 Å². The summed E-state index contributed by atoms with van der Waals surface area (Å²) in [5.74, 6) is -0.340. The number of anilines is 1. The van der Waals surface area contributed by atoms with E-state index < -0.39 is 0 Å². The van der Waals surface area contributed by atoms with Gasteiger partial charge >= 0.3 is 6.03 Å². The van der Waals surface area contributed by atoms with Gasteiger partial charge < -0.3 is 10.6 Å². The Morgan fingerprint density at radius 2 is 1.96 bits per heavy atom. The fraction of sp³-hybridized carbons (Fsp3) is 0.0588. The number of hydrogen-bond acceptors (Lipinski definition) is 3. The molecule has 2 heterocycles. The number of carbonyl (C=O) groups is 1. The molecule has 0 radical (unpaired) electrons. The Hall–Kier alpha value is -2.73. The summed E-state index contributed by atoms with van der Waals surface area (Å²) < 4.78 is 12.8. The number of hydrogen-bond donors (Lipinski definition) is 2. The van der Waals surface area contributed by atoms with Crippen LogP contribution in [0.3, 0.4) is 0 Å². The van der Waals surface area contributed by atoms with Gasteiger partial charge in [-0.05, 0) is 58.3 Å². The minimum atomic E-state index is -0.349. The molecule has 2 N–H and O–H groups in total. The second-order valence-electron chi connectivity index (χ2n) is 4.91. The molecule has 0 aliphatic heterocycles. The molecule has 23 heavy (non-hydrogen) atoms. The van der Waals surface area contributed by atoms with Crippen LogP contribution in [0.2, 0.25) is 0 Å². The van der Waals surface area contributed by atoms with Gasteiger partial charge in [0.2, 0.25) is 0 Å². The first-order valence-corrected chi connectivity index (χ1v) is 7.92. The number of halogens is 1. The van der Waals surface area contributed by atoms with Crippen molar-refractivity contribution in [3.8, 4) is 11.1 Å². The molecule has 0 bridgehead atoms. The predicted octanol–water partition coefficient (Wildman–Crippen LogP) is 4.27. The third-order valence-corrected chi connectivity index (χ3v) is 3.89. The zero-order valence-corrected chi connectivity index (χ0v) is 12.9. The highest BCUT2D eigenvalue weighted by Crippen LogP contribution is 2.21. The van der Waals surface area contributed by atoms with Gasteiger partial charge in [0.1, 0.15) is 5.82 Å². The van der Waals surface area contributed by atoms with Gasteiger partial charge in [-0.15, -0.1) is 0 Å². The normalized spacial score (nSPS) is 10.3. The first-order chi connectivity index (χ1) is 11.2. The van der Waals surface area contributed by atoms with Crippen molar-refractivity contribution in [2.24, 2.45) is 0 Å². The van der Waals surface area contributed by atoms with Crippen LogP contribution in [0.1, 0.15) is 5.56 Å². The lowest BCUT2D eigenvalue weighted by Crippen LogP contribution is -2.28. The molecule has 1 aromatic carbocycles. The Morgan fingerprint density at radius 1 is 1.13 bits per heavy atom. The molecule has 2 aromatic heterocycles. The van der Waals surface area contributed by atoms with Crippen molar-refractivity contribution in [3.63, 3.8) is 0 Å². The van der Waals surface area contributed by atoms with E-state index in [4.69, 9.17) is 0 Å². The second kappa shape index (κ2) is 7.02. The Kier molecular flexibility index (Phi) is 4.63. The smallest absolute Gasteiger partial charge is 0.319 e. The molecule has 0 spiro atoms. The molecule has 0 aliphatic carbocycles. The van der Waals surface area contributed by atoms with Crippen LogP contribution in [0.25, 0.3) is 11.1 Å². The van der Waals surface area contributed by atoms with E-state index in [1.807, 2.05) is 17.5 Å². The Labute approximate surface area is 137 Å². The number of carbonyl (C=O) groups excluding carboxylic acids is 1. The molecule has 0 unspecified atom stereocenters. The number of aromatic nitrogens is 1. The number of thiophene rings is 1. The quantitative estimate of drug-likeness (QED) is 0.752. The molecule has 2 amide bonds. The molecule has 4 nitrogen and oxygen atoms in total. The van der Waals surface area contributed by atoms with Crippen molar-refractivity contribution in [2.45, 2.75) is 6.54 Å². The van der Waals surface area contributed by atoms with E-state index in [0.717, 1.165) is 16.7 Å². The van der Waals surface area contributed by atoms with Crippen molar-refractivity contribution >= 4 is 23.1 Å². The van der Waals surface area contributed by atoms with Crippen molar-refractivity contribution in [3.05, 3.63) is 70.9 Å².